The first-order valence-electron chi connectivity index (χ1n) is 7.52. The standard InChI is InChI=1S/C16H23ClN2O2/c1-11(14-4-2-3-5-15(14)17)18-16(21)19-13-8-6-12(10-20)7-9-13/h2-5,11-13,20H,6-10H2,1H3,(H2,18,19,21). The molecule has 0 heterocycles. The fourth-order valence-corrected chi connectivity index (χ4v) is 3.12. The Morgan fingerprint density at radius 2 is 2.00 bits per heavy atom. The Hall–Kier alpha value is -1.26. The van der Waals surface area contributed by atoms with Crippen molar-refractivity contribution in [1.82, 2.24) is 10.6 Å². The molecule has 1 fully saturated rings. The first-order valence-corrected chi connectivity index (χ1v) is 7.90. The van der Waals surface area contributed by atoms with Gasteiger partial charge in [-0.3, -0.25) is 0 Å². The van der Waals surface area contributed by atoms with E-state index in [9.17, 15) is 4.79 Å². The molecule has 0 aromatic heterocycles. The lowest BCUT2D eigenvalue weighted by Crippen LogP contribution is -2.44. The molecule has 0 spiro atoms. The third-order valence-corrected chi connectivity index (χ3v) is 4.50. The van der Waals surface area contributed by atoms with E-state index in [0.717, 1.165) is 31.2 Å². The first-order chi connectivity index (χ1) is 10.1. The number of rotatable bonds is 4. The number of aliphatic hydroxyl groups is 1. The summed E-state index contributed by atoms with van der Waals surface area (Å²) in [6.45, 7) is 2.17. The van der Waals surface area contributed by atoms with E-state index in [-0.39, 0.29) is 24.7 Å². The van der Waals surface area contributed by atoms with Gasteiger partial charge in [0.25, 0.3) is 0 Å². The Morgan fingerprint density at radius 3 is 2.62 bits per heavy atom. The van der Waals surface area contributed by atoms with Crippen LogP contribution < -0.4 is 10.6 Å². The van der Waals surface area contributed by atoms with Crippen molar-refractivity contribution >= 4 is 17.6 Å². The Balaban J connectivity index is 1.81. The molecular formula is C16H23ClN2O2. The first kappa shape index (κ1) is 16.1. The Bertz CT molecular complexity index is 473. The van der Waals surface area contributed by atoms with Crippen LogP contribution >= 0.6 is 11.6 Å². The number of aliphatic hydroxyl groups excluding tert-OH is 1. The lowest BCUT2D eigenvalue weighted by molar-refractivity contribution is 0.174. The number of nitrogens with one attached hydrogen (secondary N) is 2. The summed E-state index contributed by atoms with van der Waals surface area (Å²) in [5.74, 6) is 0.396. The lowest BCUT2D eigenvalue weighted by Gasteiger charge is -2.28. The van der Waals surface area contributed by atoms with E-state index < -0.39 is 0 Å². The molecule has 1 aliphatic carbocycles. The fourth-order valence-electron chi connectivity index (χ4n) is 2.82. The largest absolute Gasteiger partial charge is 0.396 e. The number of urea groups is 1. The fraction of sp³-hybridized carbons (Fsp3) is 0.562. The Labute approximate surface area is 130 Å². The van der Waals surface area contributed by atoms with Gasteiger partial charge in [-0.2, -0.15) is 0 Å². The van der Waals surface area contributed by atoms with Crippen LogP contribution in [0, 0.1) is 5.92 Å². The van der Waals surface area contributed by atoms with Crippen LogP contribution in [0.4, 0.5) is 4.79 Å². The number of benzene rings is 1. The highest BCUT2D eigenvalue weighted by molar-refractivity contribution is 6.31. The highest BCUT2D eigenvalue weighted by atomic mass is 35.5. The maximum absolute atomic E-state index is 12.0. The quantitative estimate of drug-likeness (QED) is 0.799. The predicted octanol–water partition coefficient (Wildman–Crippen LogP) is 3.25. The number of hydrogen-bond acceptors (Lipinski definition) is 2. The van der Waals surface area contributed by atoms with Crippen molar-refractivity contribution in [2.75, 3.05) is 6.61 Å². The molecule has 1 aromatic carbocycles. The molecule has 1 aliphatic rings. The summed E-state index contributed by atoms with van der Waals surface area (Å²) < 4.78 is 0. The molecule has 1 atom stereocenters. The zero-order chi connectivity index (χ0) is 15.2. The second kappa shape index (κ2) is 7.66. The summed E-state index contributed by atoms with van der Waals surface area (Å²) in [5, 5.41) is 15.7. The maximum Gasteiger partial charge on any atom is 0.315 e. The summed E-state index contributed by atoms with van der Waals surface area (Å²) >= 11 is 6.13. The van der Waals surface area contributed by atoms with Crippen molar-refractivity contribution in [3.8, 4) is 0 Å². The Morgan fingerprint density at radius 1 is 1.33 bits per heavy atom. The smallest absolute Gasteiger partial charge is 0.315 e. The maximum atomic E-state index is 12.0. The predicted molar refractivity (Wildman–Crippen MR) is 84.4 cm³/mol. The molecular weight excluding hydrogens is 288 g/mol. The van der Waals surface area contributed by atoms with Gasteiger partial charge in [0.15, 0.2) is 0 Å². The van der Waals surface area contributed by atoms with E-state index in [2.05, 4.69) is 10.6 Å². The van der Waals surface area contributed by atoms with Gasteiger partial charge in [-0.1, -0.05) is 29.8 Å². The molecule has 21 heavy (non-hydrogen) atoms. The highest BCUT2D eigenvalue weighted by Crippen LogP contribution is 2.24. The van der Waals surface area contributed by atoms with Crippen molar-refractivity contribution in [2.45, 2.75) is 44.7 Å². The highest BCUT2D eigenvalue weighted by Gasteiger charge is 2.22. The molecule has 0 radical (unpaired) electrons. The van der Waals surface area contributed by atoms with Gasteiger partial charge in [0.05, 0.1) is 6.04 Å². The van der Waals surface area contributed by atoms with Crippen molar-refractivity contribution in [3.63, 3.8) is 0 Å². The van der Waals surface area contributed by atoms with Crippen LogP contribution in [0.3, 0.4) is 0 Å². The summed E-state index contributed by atoms with van der Waals surface area (Å²) in [6.07, 6.45) is 3.81. The molecule has 1 unspecified atom stereocenters. The third-order valence-electron chi connectivity index (χ3n) is 4.16. The SMILES string of the molecule is CC(NC(=O)NC1CCC(CO)CC1)c1ccccc1Cl. The van der Waals surface area contributed by atoms with E-state index in [0.29, 0.717) is 10.9 Å². The summed E-state index contributed by atoms with van der Waals surface area (Å²) in [4.78, 5) is 12.0. The second-order valence-electron chi connectivity index (χ2n) is 5.76. The minimum Gasteiger partial charge on any atom is -0.396 e. The van der Waals surface area contributed by atoms with Crippen LogP contribution in [0.15, 0.2) is 24.3 Å². The number of carbonyl (C=O) groups is 1. The van der Waals surface area contributed by atoms with Crippen LogP contribution in [0.1, 0.15) is 44.2 Å². The van der Waals surface area contributed by atoms with Crippen LogP contribution in [0.25, 0.3) is 0 Å². The van der Waals surface area contributed by atoms with Crippen molar-refractivity contribution in [1.29, 1.82) is 0 Å². The van der Waals surface area contributed by atoms with Gasteiger partial charge in [0, 0.05) is 17.7 Å². The minimum absolute atomic E-state index is 0.132. The zero-order valence-corrected chi connectivity index (χ0v) is 13.1. The van der Waals surface area contributed by atoms with E-state index in [4.69, 9.17) is 16.7 Å². The van der Waals surface area contributed by atoms with Crippen molar-refractivity contribution in [2.24, 2.45) is 5.92 Å². The molecule has 2 amide bonds. The molecule has 2 rings (SSSR count). The monoisotopic (exact) mass is 310 g/mol. The third kappa shape index (κ3) is 4.61. The topological polar surface area (TPSA) is 61.4 Å². The number of amides is 2. The van der Waals surface area contributed by atoms with Gasteiger partial charge in [0.2, 0.25) is 0 Å². The van der Waals surface area contributed by atoms with Gasteiger partial charge >= 0.3 is 6.03 Å². The van der Waals surface area contributed by atoms with Crippen LogP contribution in [-0.2, 0) is 0 Å². The van der Waals surface area contributed by atoms with Crippen LogP contribution in [0.2, 0.25) is 5.02 Å². The van der Waals surface area contributed by atoms with E-state index in [1.165, 1.54) is 0 Å². The number of carbonyl (C=O) groups excluding carboxylic acids is 1. The molecule has 0 aliphatic heterocycles. The molecule has 3 N–H and O–H groups in total. The van der Waals surface area contributed by atoms with Gasteiger partial charge in [-0.15, -0.1) is 0 Å². The summed E-state index contributed by atoms with van der Waals surface area (Å²) in [7, 11) is 0. The summed E-state index contributed by atoms with van der Waals surface area (Å²) in [5.41, 5.74) is 0.915. The average molecular weight is 311 g/mol. The van der Waals surface area contributed by atoms with Crippen molar-refractivity contribution < 1.29 is 9.90 Å². The second-order valence-corrected chi connectivity index (χ2v) is 6.17. The molecule has 0 saturated heterocycles. The lowest BCUT2D eigenvalue weighted by atomic mass is 9.87. The van der Waals surface area contributed by atoms with E-state index in [1.54, 1.807) is 0 Å². The number of halogens is 1. The zero-order valence-electron chi connectivity index (χ0n) is 12.3. The minimum atomic E-state index is -0.158. The molecule has 0 bridgehead atoms. The van der Waals surface area contributed by atoms with Gasteiger partial charge in [-0.05, 0) is 50.2 Å². The van der Waals surface area contributed by atoms with E-state index in [1.807, 2.05) is 31.2 Å². The molecule has 1 saturated carbocycles. The average Bonchev–Trinajstić information content (AvgIpc) is 2.48. The molecule has 4 nitrogen and oxygen atoms in total. The normalized spacial score (nSPS) is 23.4. The van der Waals surface area contributed by atoms with Crippen LogP contribution in [0.5, 0.6) is 0 Å². The molecule has 5 heteroatoms. The van der Waals surface area contributed by atoms with E-state index >= 15 is 0 Å². The van der Waals surface area contributed by atoms with Gasteiger partial charge in [0.1, 0.15) is 0 Å². The molecule has 1 aromatic rings. The van der Waals surface area contributed by atoms with Crippen LogP contribution in [-0.4, -0.2) is 23.8 Å². The van der Waals surface area contributed by atoms with Gasteiger partial charge < -0.3 is 15.7 Å². The summed E-state index contributed by atoms with van der Waals surface area (Å²) in [6, 6.07) is 7.43. The number of hydrogen-bond donors (Lipinski definition) is 3. The Kier molecular flexibility index (Phi) is 5.88. The van der Waals surface area contributed by atoms with Crippen molar-refractivity contribution in [3.05, 3.63) is 34.9 Å². The van der Waals surface area contributed by atoms with Gasteiger partial charge in [-0.25, -0.2) is 4.79 Å². The molecule has 116 valence electrons.